The van der Waals surface area contributed by atoms with Gasteiger partial charge in [-0.15, -0.1) is 0 Å². The van der Waals surface area contributed by atoms with Crippen LogP contribution in [0.25, 0.3) is 79.4 Å². The molecule has 12 rings (SSSR count). The van der Waals surface area contributed by atoms with E-state index in [2.05, 4.69) is 61.6 Å². The van der Waals surface area contributed by atoms with Crippen molar-refractivity contribution < 1.29 is 52.2 Å². The fourth-order valence-electron chi connectivity index (χ4n) is 10.6. The van der Waals surface area contributed by atoms with E-state index in [-0.39, 0.29) is 12.7 Å². The minimum absolute atomic E-state index is 0.135. The van der Waals surface area contributed by atoms with Crippen LogP contribution in [0.15, 0.2) is 129 Å². The van der Waals surface area contributed by atoms with Crippen molar-refractivity contribution in [1.29, 1.82) is 0 Å². The highest BCUT2D eigenvalue weighted by molar-refractivity contribution is 5.96. The number of rotatable bonds is 24. The molecule has 5 aromatic heterocycles. The van der Waals surface area contributed by atoms with Crippen LogP contribution in [0.4, 0.5) is 5.69 Å². The van der Waals surface area contributed by atoms with E-state index in [4.69, 9.17) is 42.0 Å². The summed E-state index contributed by atoms with van der Waals surface area (Å²) in [4.78, 5) is 26.0. The summed E-state index contributed by atoms with van der Waals surface area (Å²) in [7, 11) is 1.93. The van der Waals surface area contributed by atoms with Crippen molar-refractivity contribution in [3.8, 4) is 103 Å². The molecule has 460 valence electrons. The van der Waals surface area contributed by atoms with Gasteiger partial charge in [-0.25, -0.2) is 0 Å². The van der Waals surface area contributed by atoms with Crippen LogP contribution < -0.4 is 38.6 Å². The molecule has 0 aliphatic carbocycles. The number of aromatic amines is 1. The lowest BCUT2D eigenvalue weighted by Crippen LogP contribution is -2.23. The number of hydrogen-bond acceptors (Lipinski definition) is 21. The number of pyridine rings is 1. The number of hydrogen-bond donors (Lipinski definition) is 4. The van der Waals surface area contributed by atoms with Crippen LogP contribution in [0.2, 0.25) is 0 Å². The Labute approximate surface area is 510 Å². The topological polar surface area (TPSA) is 260 Å². The fraction of sp³-hybridized carbons (Fsp3) is 0.348. The first kappa shape index (κ1) is 61.7. The van der Waals surface area contributed by atoms with Crippen LogP contribution in [0.5, 0.6) is 34.5 Å². The SMILES string of the molecule is CCOc1ccc(-c2nc(-c3cccc4[nH]cc(CNC)c34)no2)cc1OCC.CCOc1ccc(-c2nc(-c3cccc4c3CCN4CCO)no2)cc1OCC.CCOc1ccc(-c2nc(-c3ccnc(CN4CC[C@@H](O)C4)c3)no2)cc1OCC. The Morgan fingerprint density at radius 1 is 0.591 bits per heavy atom. The van der Waals surface area contributed by atoms with E-state index in [0.717, 1.165) is 93.7 Å². The summed E-state index contributed by atoms with van der Waals surface area (Å²) in [5, 5.41) is 35.9. The first-order valence-electron chi connectivity index (χ1n) is 29.9. The zero-order chi connectivity index (χ0) is 61.4. The van der Waals surface area contributed by atoms with E-state index in [1.165, 1.54) is 5.56 Å². The van der Waals surface area contributed by atoms with Crippen LogP contribution in [0.3, 0.4) is 0 Å². The van der Waals surface area contributed by atoms with E-state index < -0.39 is 0 Å². The smallest absolute Gasteiger partial charge is 0.258 e. The number of benzene rings is 5. The third-order valence-electron chi connectivity index (χ3n) is 14.5. The molecule has 0 amide bonds. The first-order valence-corrected chi connectivity index (χ1v) is 29.9. The van der Waals surface area contributed by atoms with Crippen LogP contribution in [0.1, 0.15) is 64.8 Å². The molecule has 2 aliphatic heterocycles. The number of likely N-dealkylation sites (tertiary alicyclic amines) is 1. The summed E-state index contributed by atoms with van der Waals surface area (Å²) in [6.45, 7) is 19.6. The van der Waals surface area contributed by atoms with Gasteiger partial charge in [0.2, 0.25) is 17.5 Å². The van der Waals surface area contributed by atoms with Gasteiger partial charge in [0.1, 0.15) is 0 Å². The molecule has 1 saturated heterocycles. The average molecular weight is 1200 g/mol. The van der Waals surface area contributed by atoms with Crippen molar-refractivity contribution >= 4 is 16.6 Å². The molecule has 0 radical (unpaired) electrons. The molecular weight excluding hydrogens is 1120 g/mol. The molecule has 1 fully saturated rings. The van der Waals surface area contributed by atoms with Crippen molar-refractivity contribution in [2.75, 3.05) is 84.4 Å². The maximum atomic E-state index is 9.71. The summed E-state index contributed by atoms with van der Waals surface area (Å²) >= 11 is 0. The summed E-state index contributed by atoms with van der Waals surface area (Å²) in [5.74, 6) is 6.96. The highest BCUT2D eigenvalue weighted by Gasteiger charge is 2.26. The summed E-state index contributed by atoms with van der Waals surface area (Å²) < 4.78 is 50.6. The fourth-order valence-corrected chi connectivity index (χ4v) is 10.6. The van der Waals surface area contributed by atoms with Crippen molar-refractivity contribution in [2.45, 2.75) is 73.6 Å². The average Bonchev–Trinajstić information content (AvgIpc) is 2.40. The van der Waals surface area contributed by atoms with E-state index in [0.29, 0.717) is 129 Å². The second kappa shape index (κ2) is 29.8. The number of aromatic nitrogens is 8. The van der Waals surface area contributed by atoms with E-state index in [9.17, 15) is 10.2 Å². The van der Waals surface area contributed by atoms with Gasteiger partial charge in [0.15, 0.2) is 34.5 Å². The Morgan fingerprint density at radius 3 is 1.65 bits per heavy atom. The van der Waals surface area contributed by atoms with Gasteiger partial charge in [-0.1, -0.05) is 39.7 Å². The van der Waals surface area contributed by atoms with Crippen LogP contribution in [0, 0.1) is 0 Å². The minimum atomic E-state index is -0.247. The summed E-state index contributed by atoms with van der Waals surface area (Å²) in [6.07, 6.45) is 5.21. The highest BCUT2D eigenvalue weighted by atomic mass is 16.5. The number of nitrogens with one attached hydrogen (secondary N) is 2. The molecule has 5 aromatic carbocycles. The van der Waals surface area contributed by atoms with Gasteiger partial charge in [-0.2, -0.15) is 15.0 Å². The number of anilines is 1. The number of H-pyrrole nitrogens is 1. The Kier molecular flexibility index (Phi) is 20.9. The molecule has 0 bridgehead atoms. The normalized spacial score (nSPS) is 13.6. The van der Waals surface area contributed by atoms with Gasteiger partial charge in [0, 0.05) is 102 Å². The van der Waals surface area contributed by atoms with Crippen molar-refractivity contribution in [3.63, 3.8) is 0 Å². The minimum Gasteiger partial charge on any atom is -0.490 e. The molecule has 0 saturated carbocycles. The Bertz CT molecular complexity index is 3880. The quantitative estimate of drug-likeness (QED) is 0.0438. The lowest BCUT2D eigenvalue weighted by molar-refractivity contribution is 0.174. The number of aliphatic hydroxyl groups is 2. The molecule has 22 heteroatoms. The third-order valence-corrected chi connectivity index (χ3v) is 14.5. The summed E-state index contributed by atoms with van der Waals surface area (Å²) in [6, 6.07) is 32.8. The lowest BCUT2D eigenvalue weighted by Gasteiger charge is -2.17. The molecule has 1 atom stereocenters. The maximum Gasteiger partial charge on any atom is 0.258 e. The number of aliphatic hydroxyl groups excluding tert-OH is 2. The van der Waals surface area contributed by atoms with Gasteiger partial charge in [-0.05, 0) is 151 Å². The molecule has 2 aliphatic rings. The number of fused-ring (bicyclic) bond motifs is 2. The zero-order valence-corrected chi connectivity index (χ0v) is 50.7. The van der Waals surface area contributed by atoms with Crippen LogP contribution in [-0.4, -0.2) is 141 Å². The largest absolute Gasteiger partial charge is 0.490 e. The van der Waals surface area contributed by atoms with E-state index >= 15 is 0 Å². The van der Waals surface area contributed by atoms with Gasteiger partial charge >= 0.3 is 0 Å². The zero-order valence-electron chi connectivity index (χ0n) is 50.7. The third kappa shape index (κ3) is 14.5. The van der Waals surface area contributed by atoms with E-state index in [1.807, 2.05) is 152 Å². The number of ether oxygens (including phenoxy) is 6. The molecule has 4 N–H and O–H groups in total. The number of nitrogens with zero attached hydrogens (tertiary/aromatic N) is 9. The standard InChI is InChI=1S/C22H26N4O4.C22H24N4O3.C22H25N3O4/c1-3-28-19-6-5-16(12-20(19)29-4-2)22-24-21(25-30-22)15-7-9-23-17(11-15)13-26-10-8-18(27)14-26;1-4-27-18-10-9-14(11-19(18)28-5-2)22-25-21(26-29-22)16-7-6-8-17-20(16)15(12-23-3)13-24-17;1-3-27-19-9-8-15(14-20(19)28-4-2)22-23-21(24-29-22)17-6-5-7-18-16(17)10-11-25(18)12-13-26/h5-7,9,11-12,18,27H,3-4,8,10,13-14H2,1-2H3;6-11,13,23-24H,4-5,12H2,1-3H3;5-9,14,26H,3-4,10-13H2,1-2H3/t18-;;/m1../s1. The van der Waals surface area contributed by atoms with Gasteiger partial charge in [0.25, 0.3) is 17.7 Å². The second-order valence-corrected chi connectivity index (χ2v) is 20.4. The van der Waals surface area contributed by atoms with Crippen molar-refractivity contribution in [1.82, 2.24) is 50.6 Å². The lowest BCUT2D eigenvalue weighted by atomic mass is 10.0. The Morgan fingerprint density at radius 2 is 1.11 bits per heavy atom. The monoisotopic (exact) mass is 1200 g/mol. The predicted molar refractivity (Wildman–Crippen MR) is 334 cm³/mol. The Balaban J connectivity index is 0.000000146. The molecule has 0 unspecified atom stereocenters. The van der Waals surface area contributed by atoms with Crippen molar-refractivity contribution in [2.24, 2.45) is 0 Å². The van der Waals surface area contributed by atoms with Crippen molar-refractivity contribution in [3.05, 3.63) is 132 Å². The highest BCUT2D eigenvalue weighted by Crippen LogP contribution is 2.39. The van der Waals surface area contributed by atoms with Gasteiger partial charge in [0.05, 0.1) is 58.0 Å². The maximum absolute atomic E-state index is 9.71. The van der Waals surface area contributed by atoms with Crippen LogP contribution >= 0.6 is 0 Å². The Hall–Kier alpha value is -9.35. The molecule has 0 spiro atoms. The molecule has 88 heavy (non-hydrogen) atoms. The second-order valence-electron chi connectivity index (χ2n) is 20.4. The molecule has 7 heterocycles. The molecule has 22 nitrogen and oxygen atoms in total. The number of β-amino-alcohol motifs (C(OH)–C–C–N with tert-alkyl or cyclic N) is 2. The van der Waals surface area contributed by atoms with Crippen LogP contribution in [-0.2, 0) is 19.5 Å². The van der Waals surface area contributed by atoms with Gasteiger partial charge in [-0.3, -0.25) is 9.88 Å². The summed E-state index contributed by atoms with van der Waals surface area (Å²) in [5.41, 5.74) is 10.5. The first-order chi connectivity index (χ1) is 43.1. The molecular formula is C66H75N11O11. The van der Waals surface area contributed by atoms with E-state index in [1.54, 1.807) is 6.20 Å². The van der Waals surface area contributed by atoms with Gasteiger partial charge < -0.3 is 67.4 Å². The predicted octanol–water partition coefficient (Wildman–Crippen LogP) is 11.1. The molecule has 10 aromatic rings.